The maximum atomic E-state index is 13.8. The molecule has 3 aromatic rings. The third-order valence-electron chi connectivity index (χ3n) is 2.85. The molecular weight excluding hydrogens is 267 g/mol. The molecule has 94 valence electrons. The summed E-state index contributed by atoms with van der Waals surface area (Å²) < 4.78 is 19.2. The van der Waals surface area contributed by atoms with E-state index in [1.807, 2.05) is 12.1 Å². The van der Waals surface area contributed by atoms with Gasteiger partial charge in [-0.05, 0) is 24.3 Å². The van der Waals surface area contributed by atoms with Crippen LogP contribution in [0.25, 0.3) is 11.0 Å². The van der Waals surface area contributed by atoms with E-state index < -0.39 is 11.6 Å². The molecule has 0 aliphatic rings. The normalized spacial score (nSPS) is 10.8. The summed E-state index contributed by atoms with van der Waals surface area (Å²) in [7, 11) is 0. The van der Waals surface area contributed by atoms with Gasteiger partial charge < -0.3 is 4.42 Å². The van der Waals surface area contributed by atoms with Gasteiger partial charge >= 0.3 is 0 Å². The van der Waals surface area contributed by atoms with Crippen LogP contribution in [0.5, 0.6) is 0 Å². The van der Waals surface area contributed by atoms with Gasteiger partial charge in [-0.25, -0.2) is 4.39 Å². The highest BCUT2D eigenvalue weighted by Gasteiger charge is 2.19. The zero-order valence-corrected chi connectivity index (χ0v) is 10.4. The molecule has 0 radical (unpaired) electrons. The summed E-state index contributed by atoms with van der Waals surface area (Å²) in [6, 6.07) is 13.1. The molecule has 2 aromatic carbocycles. The van der Waals surface area contributed by atoms with Crippen LogP contribution in [0.3, 0.4) is 0 Å². The molecule has 0 N–H and O–H groups in total. The zero-order chi connectivity index (χ0) is 13.4. The third kappa shape index (κ3) is 2.02. The van der Waals surface area contributed by atoms with Crippen LogP contribution in [-0.4, -0.2) is 5.78 Å². The lowest BCUT2D eigenvalue weighted by molar-refractivity contribution is 0.101. The zero-order valence-electron chi connectivity index (χ0n) is 9.69. The highest BCUT2D eigenvalue weighted by molar-refractivity contribution is 6.31. The van der Waals surface area contributed by atoms with Gasteiger partial charge in [-0.3, -0.25) is 4.79 Å². The van der Waals surface area contributed by atoms with Crippen molar-refractivity contribution in [2.45, 2.75) is 0 Å². The molecule has 4 heteroatoms. The Bertz CT molecular complexity index is 744. The van der Waals surface area contributed by atoms with Crippen LogP contribution in [0.4, 0.5) is 4.39 Å². The standard InChI is InChI=1S/C15H8ClFO2/c16-11-6-3-5-10(14(11)17)15(18)13-8-9-4-1-2-7-12(9)19-13/h1-8H. The van der Waals surface area contributed by atoms with Gasteiger partial charge in [0.1, 0.15) is 5.58 Å². The molecule has 3 rings (SSSR count). The van der Waals surface area contributed by atoms with Gasteiger partial charge in [-0.15, -0.1) is 0 Å². The van der Waals surface area contributed by atoms with E-state index in [1.165, 1.54) is 18.2 Å². The minimum Gasteiger partial charge on any atom is -0.453 e. The van der Waals surface area contributed by atoms with Gasteiger partial charge in [0.2, 0.25) is 5.78 Å². The summed E-state index contributed by atoms with van der Waals surface area (Å²) in [5.41, 5.74) is 0.500. The Hall–Kier alpha value is -2.13. The fraction of sp³-hybridized carbons (Fsp3) is 0. The Balaban J connectivity index is 2.11. The van der Waals surface area contributed by atoms with Crippen molar-refractivity contribution in [3.05, 3.63) is 70.7 Å². The van der Waals surface area contributed by atoms with E-state index in [9.17, 15) is 9.18 Å². The monoisotopic (exact) mass is 274 g/mol. The second-order valence-electron chi connectivity index (χ2n) is 4.08. The van der Waals surface area contributed by atoms with Gasteiger partial charge in [-0.2, -0.15) is 0 Å². The van der Waals surface area contributed by atoms with Crippen LogP contribution in [0, 0.1) is 5.82 Å². The number of hydrogen-bond acceptors (Lipinski definition) is 2. The van der Waals surface area contributed by atoms with Crippen LogP contribution in [0.15, 0.2) is 52.9 Å². The van der Waals surface area contributed by atoms with Crippen LogP contribution in [0.2, 0.25) is 5.02 Å². The fourth-order valence-corrected chi connectivity index (χ4v) is 2.08. The highest BCUT2D eigenvalue weighted by Crippen LogP contribution is 2.24. The first-order valence-electron chi connectivity index (χ1n) is 5.64. The van der Waals surface area contributed by atoms with E-state index in [0.29, 0.717) is 5.58 Å². The maximum absolute atomic E-state index is 13.8. The first-order valence-corrected chi connectivity index (χ1v) is 6.02. The summed E-state index contributed by atoms with van der Waals surface area (Å²) in [6.07, 6.45) is 0. The average Bonchev–Trinajstić information content (AvgIpc) is 2.85. The molecule has 19 heavy (non-hydrogen) atoms. The van der Waals surface area contributed by atoms with Crippen molar-refractivity contribution >= 4 is 28.4 Å². The molecule has 1 aromatic heterocycles. The van der Waals surface area contributed by atoms with Gasteiger partial charge in [0.05, 0.1) is 10.6 Å². The third-order valence-corrected chi connectivity index (χ3v) is 3.14. The SMILES string of the molecule is O=C(c1cc2ccccc2o1)c1cccc(Cl)c1F. The van der Waals surface area contributed by atoms with E-state index >= 15 is 0 Å². The first-order chi connectivity index (χ1) is 9.16. The minimum atomic E-state index is -0.727. The number of fused-ring (bicyclic) bond motifs is 1. The highest BCUT2D eigenvalue weighted by atomic mass is 35.5. The maximum Gasteiger partial charge on any atom is 0.231 e. The first kappa shape index (κ1) is 11.9. The molecule has 0 unspecified atom stereocenters. The number of carbonyl (C=O) groups is 1. The van der Waals surface area contributed by atoms with Gasteiger partial charge in [0, 0.05) is 5.39 Å². The number of ketones is 1. The lowest BCUT2D eigenvalue weighted by Crippen LogP contribution is -2.03. The molecule has 0 atom stereocenters. The topological polar surface area (TPSA) is 30.2 Å². The van der Waals surface area contributed by atoms with Crippen LogP contribution < -0.4 is 0 Å². The lowest BCUT2D eigenvalue weighted by Gasteiger charge is -2.00. The predicted octanol–water partition coefficient (Wildman–Crippen LogP) is 4.46. The molecule has 1 heterocycles. The predicted molar refractivity (Wildman–Crippen MR) is 71.1 cm³/mol. The van der Waals surface area contributed by atoms with E-state index in [0.717, 1.165) is 5.39 Å². The number of halogens is 2. The molecule has 0 spiro atoms. The molecule has 0 fully saturated rings. The number of furan rings is 1. The van der Waals surface area contributed by atoms with E-state index in [4.69, 9.17) is 16.0 Å². The molecule has 0 bridgehead atoms. The van der Waals surface area contributed by atoms with Crippen molar-refractivity contribution in [1.29, 1.82) is 0 Å². The molecule has 0 saturated heterocycles. The Morgan fingerprint density at radius 1 is 1.11 bits per heavy atom. The molecular formula is C15H8ClFO2. The summed E-state index contributed by atoms with van der Waals surface area (Å²) in [5, 5.41) is 0.718. The fourth-order valence-electron chi connectivity index (χ4n) is 1.91. The molecule has 2 nitrogen and oxygen atoms in total. The van der Waals surface area contributed by atoms with Crippen molar-refractivity contribution in [3.8, 4) is 0 Å². The Labute approximate surface area is 113 Å². The minimum absolute atomic E-state index is 0.0815. The van der Waals surface area contributed by atoms with Gasteiger partial charge in [-0.1, -0.05) is 35.9 Å². The lowest BCUT2D eigenvalue weighted by atomic mass is 10.1. The second-order valence-corrected chi connectivity index (χ2v) is 4.49. The van der Waals surface area contributed by atoms with Crippen molar-refractivity contribution in [2.24, 2.45) is 0 Å². The molecule has 0 saturated carbocycles. The van der Waals surface area contributed by atoms with Crippen LogP contribution >= 0.6 is 11.6 Å². The summed E-state index contributed by atoms with van der Waals surface area (Å²) in [6.45, 7) is 0. The molecule has 0 aliphatic heterocycles. The Morgan fingerprint density at radius 2 is 1.89 bits per heavy atom. The smallest absolute Gasteiger partial charge is 0.231 e. The number of benzene rings is 2. The number of hydrogen-bond donors (Lipinski definition) is 0. The van der Waals surface area contributed by atoms with E-state index in [-0.39, 0.29) is 16.3 Å². The van der Waals surface area contributed by atoms with E-state index in [1.54, 1.807) is 18.2 Å². The van der Waals surface area contributed by atoms with Crippen molar-refractivity contribution in [1.82, 2.24) is 0 Å². The second kappa shape index (κ2) is 4.52. The summed E-state index contributed by atoms with van der Waals surface area (Å²) in [5.74, 6) is -1.15. The number of rotatable bonds is 2. The van der Waals surface area contributed by atoms with E-state index in [2.05, 4.69) is 0 Å². The summed E-state index contributed by atoms with van der Waals surface area (Å²) >= 11 is 5.67. The molecule has 0 amide bonds. The number of para-hydroxylation sites is 1. The van der Waals surface area contributed by atoms with Gasteiger partial charge in [0.15, 0.2) is 11.6 Å². The quantitative estimate of drug-likeness (QED) is 0.646. The van der Waals surface area contributed by atoms with Crippen LogP contribution in [-0.2, 0) is 0 Å². The summed E-state index contributed by atoms with van der Waals surface area (Å²) in [4.78, 5) is 12.2. The average molecular weight is 275 g/mol. The Kier molecular flexibility index (Phi) is 2.84. The van der Waals surface area contributed by atoms with Crippen LogP contribution in [0.1, 0.15) is 16.1 Å². The number of carbonyl (C=O) groups excluding carboxylic acids is 1. The van der Waals surface area contributed by atoms with Gasteiger partial charge in [0.25, 0.3) is 0 Å². The largest absolute Gasteiger partial charge is 0.453 e. The van der Waals surface area contributed by atoms with Crippen molar-refractivity contribution in [2.75, 3.05) is 0 Å². The Morgan fingerprint density at radius 3 is 2.68 bits per heavy atom. The molecule has 0 aliphatic carbocycles. The van der Waals surface area contributed by atoms with Crippen molar-refractivity contribution in [3.63, 3.8) is 0 Å². The van der Waals surface area contributed by atoms with Crippen molar-refractivity contribution < 1.29 is 13.6 Å².